The van der Waals surface area contributed by atoms with Crippen molar-refractivity contribution in [3.8, 4) is 0 Å². The minimum absolute atomic E-state index is 0.210. The molecule has 3 rings (SSSR count). The Kier molecular flexibility index (Phi) is 3.84. The SMILES string of the molecule is O=[N+]([O-])c1cn(C[C@@H](O)Cc2ccc3ccccc3c2)cn1. The fraction of sp³-hybridized carbons (Fsp3) is 0.188. The van der Waals surface area contributed by atoms with Gasteiger partial charge in [0.15, 0.2) is 0 Å². The van der Waals surface area contributed by atoms with Crippen LogP contribution in [0.25, 0.3) is 10.8 Å². The molecule has 3 aromatic rings. The molecule has 0 saturated heterocycles. The molecule has 1 aromatic heterocycles. The number of benzene rings is 2. The van der Waals surface area contributed by atoms with Crippen LogP contribution in [0, 0.1) is 10.1 Å². The first-order valence-electron chi connectivity index (χ1n) is 6.94. The van der Waals surface area contributed by atoms with E-state index in [4.69, 9.17) is 0 Å². The number of imidazole rings is 1. The van der Waals surface area contributed by atoms with Crippen LogP contribution in [0.3, 0.4) is 0 Å². The first-order chi connectivity index (χ1) is 10.6. The van der Waals surface area contributed by atoms with Crippen molar-refractivity contribution < 1.29 is 10.0 Å². The van der Waals surface area contributed by atoms with Crippen LogP contribution in [-0.4, -0.2) is 25.7 Å². The van der Waals surface area contributed by atoms with Gasteiger partial charge in [0.05, 0.1) is 12.6 Å². The van der Waals surface area contributed by atoms with E-state index < -0.39 is 11.0 Å². The van der Waals surface area contributed by atoms with Crippen LogP contribution in [0.15, 0.2) is 55.0 Å². The van der Waals surface area contributed by atoms with Gasteiger partial charge in [0.1, 0.15) is 6.20 Å². The van der Waals surface area contributed by atoms with Crippen molar-refractivity contribution in [1.29, 1.82) is 0 Å². The van der Waals surface area contributed by atoms with Crippen molar-refractivity contribution in [2.24, 2.45) is 0 Å². The summed E-state index contributed by atoms with van der Waals surface area (Å²) < 4.78 is 1.53. The van der Waals surface area contributed by atoms with Gasteiger partial charge in [-0.1, -0.05) is 42.5 Å². The minimum atomic E-state index is -0.630. The second kappa shape index (κ2) is 5.95. The molecule has 0 aliphatic carbocycles. The molecule has 0 unspecified atom stereocenters. The second-order valence-corrected chi connectivity index (χ2v) is 5.23. The fourth-order valence-corrected chi connectivity index (χ4v) is 2.49. The third-order valence-electron chi connectivity index (χ3n) is 3.51. The van der Waals surface area contributed by atoms with Gasteiger partial charge in [-0.25, -0.2) is 0 Å². The quantitative estimate of drug-likeness (QED) is 0.579. The highest BCUT2D eigenvalue weighted by Crippen LogP contribution is 2.17. The van der Waals surface area contributed by atoms with Crippen LogP contribution in [0.4, 0.5) is 5.82 Å². The number of rotatable bonds is 5. The number of aromatic nitrogens is 2. The third kappa shape index (κ3) is 3.12. The van der Waals surface area contributed by atoms with Crippen molar-refractivity contribution in [2.45, 2.75) is 19.1 Å². The summed E-state index contributed by atoms with van der Waals surface area (Å²) in [6.45, 7) is 0.271. The number of aliphatic hydroxyl groups excluding tert-OH is 1. The molecule has 0 aliphatic heterocycles. The second-order valence-electron chi connectivity index (χ2n) is 5.23. The summed E-state index contributed by atoms with van der Waals surface area (Å²) in [6.07, 6.45) is 2.54. The highest BCUT2D eigenvalue weighted by atomic mass is 16.6. The summed E-state index contributed by atoms with van der Waals surface area (Å²) in [4.78, 5) is 13.7. The molecule has 0 amide bonds. The molecule has 0 aliphatic rings. The number of nitrogens with zero attached hydrogens (tertiary/aromatic N) is 3. The summed E-state index contributed by atoms with van der Waals surface area (Å²) >= 11 is 0. The van der Waals surface area contributed by atoms with E-state index in [1.807, 2.05) is 36.4 Å². The molecule has 0 bridgehead atoms. The Labute approximate surface area is 126 Å². The van der Waals surface area contributed by atoms with Gasteiger partial charge in [-0.15, -0.1) is 0 Å². The molecule has 0 radical (unpaired) electrons. The van der Waals surface area contributed by atoms with Gasteiger partial charge >= 0.3 is 5.82 Å². The van der Waals surface area contributed by atoms with Gasteiger partial charge < -0.3 is 19.8 Å². The number of aliphatic hydroxyl groups is 1. The van der Waals surface area contributed by atoms with Crippen LogP contribution in [0.5, 0.6) is 0 Å². The van der Waals surface area contributed by atoms with Gasteiger partial charge in [-0.3, -0.25) is 0 Å². The molecule has 0 spiro atoms. The Morgan fingerprint density at radius 1 is 1.23 bits per heavy atom. The maximum Gasteiger partial charge on any atom is 0.381 e. The van der Waals surface area contributed by atoms with E-state index in [0.717, 1.165) is 16.3 Å². The normalized spacial score (nSPS) is 12.4. The molecule has 22 heavy (non-hydrogen) atoms. The topological polar surface area (TPSA) is 81.2 Å². The molecule has 112 valence electrons. The number of fused-ring (bicyclic) bond motifs is 1. The highest BCUT2D eigenvalue weighted by molar-refractivity contribution is 5.82. The lowest BCUT2D eigenvalue weighted by Gasteiger charge is -2.11. The molecule has 0 fully saturated rings. The van der Waals surface area contributed by atoms with E-state index in [2.05, 4.69) is 11.1 Å². The van der Waals surface area contributed by atoms with Crippen LogP contribution >= 0.6 is 0 Å². The van der Waals surface area contributed by atoms with Crippen LogP contribution in [0.1, 0.15) is 5.56 Å². The Morgan fingerprint density at radius 2 is 2.00 bits per heavy atom. The van der Waals surface area contributed by atoms with Crippen molar-refractivity contribution >= 4 is 16.6 Å². The predicted molar refractivity (Wildman–Crippen MR) is 82.5 cm³/mol. The van der Waals surface area contributed by atoms with E-state index in [-0.39, 0.29) is 12.4 Å². The average Bonchev–Trinajstić information content (AvgIpc) is 2.95. The highest BCUT2D eigenvalue weighted by Gasteiger charge is 2.13. The summed E-state index contributed by atoms with van der Waals surface area (Å²) in [5.74, 6) is -0.210. The lowest BCUT2D eigenvalue weighted by Crippen LogP contribution is -2.17. The molecular formula is C16H15N3O3. The maximum atomic E-state index is 10.6. The maximum absolute atomic E-state index is 10.6. The number of hydrogen-bond acceptors (Lipinski definition) is 4. The van der Waals surface area contributed by atoms with Crippen molar-refractivity contribution in [3.63, 3.8) is 0 Å². The Balaban J connectivity index is 1.69. The molecule has 2 aromatic carbocycles. The summed E-state index contributed by atoms with van der Waals surface area (Å²) in [7, 11) is 0. The molecule has 0 saturated carbocycles. The monoisotopic (exact) mass is 297 g/mol. The lowest BCUT2D eigenvalue weighted by molar-refractivity contribution is -0.389. The van der Waals surface area contributed by atoms with Crippen LogP contribution < -0.4 is 0 Å². The van der Waals surface area contributed by atoms with Gasteiger partial charge in [0, 0.05) is 6.42 Å². The lowest BCUT2D eigenvalue weighted by atomic mass is 10.0. The molecule has 1 atom stereocenters. The summed E-state index contributed by atoms with van der Waals surface area (Å²) in [5, 5.41) is 23.0. The van der Waals surface area contributed by atoms with Crippen LogP contribution in [-0.2, 0) is 13.0 Å². The van der Waals surface area contributed by atoms with E-state index in [0.29, 0.717) is 6.42 Å². The largest absolute Gasteiger partial charge is 0.391 e. The van der Waals surface area contributed by atoms with Crippen molar-refractivity contribution in [2.75, 3.05) is 0 Å². The van der Waals surface area contributed by atoms with Crippen molar-refractivity contribution in [3.05, 3.63) is 70.7 Å². The summed E-state index contributed by atoms with van der Waals surface area (Å²) in [5.41, 5.74) is 1.03. The molecule has 1 heterocycles. The number of nitro groups is 1. The minimum Gasteiger partial charge on any atom is -0.391 e. The molecule has 6 heteroatoms. The molecular weight excluding hydrogens is 282 g/mol. The fourth-order valence-electron chi connectivity index (χ4n) is 2.49. The van der Waals surface area contributed by atoms with Crippen LogP contribution in [0.2, 0.25) is 0 Å². The number of hydrogen-bond donors (Lipinski definition) is 1. The van der Waals surface area contributed by atoms with Gasteiger partial charge in [-0.2, -0.15) is 0 Å². The van der Waals surface area contributed by atoms with E-state index >= 15 is 0 Å². The standard InChI is InChI=1S/C16H15N3O3/c20-15(9-18-10-16(17-11-18)19(21)22)8-12-5-6-13-3-1-2-4-14(13)7-12/h1-7,10-11,15,20H,8-9H2/t15-/m0/s1. The van der Waals surface area contributed by atoms with E-state index in [1.54, 1.807) is 0 Å². The Morgan fingerprint density at radius 3 is 2.73 bits per heavy atom. The zero-order valence-corrected chi connectivity index (χ0v) is 11.8. The first kappa shape index (κ1) is 14.2. The third-order valence-corrected chi connectivity index (χ3v) is 3.51. The Bertz CT molecular complexity index is 813. The average molecular weight is 297 g/mol. The van der Waals surface area contributed by atoms with E-state index in [9.17, 15) is 15.2 Å². The smallest absolute Gasteiger partial charge is 0.381 e. The predicted octanol–water partition coefficient (Wildman–Crippen LogP) is 2.55. The summed E-state index contributed by atoms with van der Waals surface area (Å²) in [6, 6.07) is 14.1. The molecule has 1 N–H and O–H groups in total. The van der Waals surface area contributed by atoms with E-state index in [1.165, 1.54) is 17.1 Å². The van der Waals surface area contributed by atoms with Gasteiger partial charge in [0.25, 0.3) is 0 Å². The first-order valence-corrected chi connectivity index (χ1v) is 6.94. The zero-order chi connectivity index (χ0) is 15.5. The molecule has 6 nitrogen and oxygen atoms in total. The van der Waals surface area contributed by atoms with Gasteiger partial charge in [-0.05, 0) is 26.2 Å². The van der Waals surface area contributed by atoms with Gasteiger partial charge in [0.2, 0.25) is 6.33 Å². The van der Waals surface area contributed by atoms with Crippen molar-refractivity contribution in [1.82, 2.24) is 9.55 Å². The Hall–Kier alpha value is -2.73. The zero-order valence-electron chi connectivity index (χ0n) is 11.8.